The molecule has 7 heteroatoms. The standard InChI is InChI=1S/C21H20N4O2S/c1-13-7-8-21-16(9-13)20(12-24,18(25)27-21)19(10-22,11-23)17(26-21)14-3-5-15(28-2)6-4-14/h3-6,13,16-17,25H,7-9H2,1-2H3. The SMILES string of the molecule is CSc1ccc(C2OC34CCC(C)CC3C(C#N)(C(=N)O4)C2(C#N)C#N)cc1. The van der Waals surface area contributed by atoms with Gasteiger partial charge in [-0.2, -0.15) is 15.8 Å². The highest BCUT2D eigenvalue weighted by atomic mass is 32.2. The highest BCUT2D eigenvalue weighted by molar-refractivity contribution is 7.98. The van der Waals surface area contributed by atoms with Gasteiger partial charge < -0.3 is 9.47 Å². The van der Waals surface area contributed by atoms with Crippen molar-refractivity contribution in [2.24, 2.45) is 22.7 Å². The maximum Gasteiger partial charge on any atom is 0.217 e. The summed E-state index contributed by atoms with van der Waals surface area (Å²) in [6.07, 6.45) is 2.96. The molecule has 4 rings (SSSR count). The maximum atomic E-state index is 10.3. The largest absolute Gasteiger partial charge is 0.447 e. The molecule has 0 spiro atoms. The van der Waals surface area contributed by atoms with Crippen LogP contribution in [-0.4, -0.2) is 17.9 Å². The van der Waals surface area contributed by atoms with Crippen LogP contribution in [0.1, 0.15) is 37.9 Å². The number of rotatable bonds is 2. The molecule has 1 aromatic carbocycles. The average molecular weight is 392 g/mol. The molecule has 3 aliphatic rings. The molecule has 1 aliphatic carbocycles. The van der Waals surface area contributed by atoms with E-state index in [1.165, 1.54) is 0 Å². The number of nitrogens with one attached hydrogen (secondary N) is 1. The third-order valence-corrected chi connectivity index (χ3v) is 7.33. The Hall–Kier alpha value is -2.53. The van der Waals surface area contributed by atoms with Crippen LogP contribution in [0.25, 0.3) is 0 Å². The lowest BCUT2D eigenvalue weighted by Crippen LogP contribution is -2.60. The molecule has 6 nitrogen and oxygen atoms in total. The van der Waals surface area contributed by atoms with Crippen LogP contribution in [0.3, 0.4) is 0 Å². The zero-order valence-corrected chi connectivity index (χ0v) is 16.5. The maximum absolute atomic E-state index is 10.3. The van der Waals surface area contributed by atoms with Crippen molar-refractivity contribution in [3.8, 4) is 18.2 Å². The number of hydrogen-bond acceptors (Lipinski definition) is 7. The van der Waals surface area contributed by atoms with E-state index >= 15 is 0 Å². The second-order valence-corrected chi connectivity index (χ2v) is 8.78. The van der Waals surface area contributed by atoms with E-state index in [1.54, 1.807) is 11.8 Å². The zero-order valence-electron chi connectivity index (χ0n) is 15.7. The van der Waals surface area contributed by atoms with E-state index in [4.69, 9.17) is 14.9 Å². The lowest BCUT2D eigenvalue weighted by Gasteiger charge is -2.52. The van der Waals surface area contributed by atoms with Gasteiger partial charge in [0.2, 0.25) is 17.1 Å². The molecule has 1 saturated carbocycles. The van der Waals surface area contributed by atoms with Gasteiger partial charge in [0.25, 0.3) is 0 Å². The van der Waals surface area contributed by atoms with Gasteiger partial charge in [-0.05, 0) is 42.7 Å². The van der Waals surface area contributed by atoms with Crippen molar-refractivity contribution in [1.82, 2.24) is 0 Å². The second kappa shape index (κ2) is 6.24. The summed E-state index contributed by atoms with van der Waals surface area (Å²) in [6, 6.07) is 13.9. The molecule has 2 heterocycles. The van der Waals surface area contributed by atoms with E-state index < -0.39 is 28.6 Å². The highest BCUT2D eigenvalue weighted by Gasteiger charge is 2.80. The molecular weight excluding hydrogens is 372 g/mol. The lowest BCUT2D eigenvalue weighted by molar-refractivity contribution is -0.298. The van der Waals surface area contributed by atoms with Crippen molar-refractivity contribution in [1.29, 1.82) is 21.2 Å². The van der Waals surface area contributed by atoms with Crippen molar-refractivity contribution >= 4 is 17.7 Å². The normalized spacial score (nSPS) is 37.7. The summed E-state index contributed by atoms with van der Waals surface area (Å²) in [6.45, 7) is 2.08. The monoisotopic (exact) mass is 392 g/mol. The fourth-order valence-corrected chi connectivity index (χ4v) is 5.52. The van der Waals surface area contributed by atoms with Crippen molar-refractivity contribution in [3.63, 3.8) is 0 Å². The van der Waals surface area contributed by atoms with E-state index in [0.29, 0.717) is 24.3 Å². The van der Waals surface area contributed by atoms with Gasteiger partial charge in [-0.25, -0.2) is 0 Å². The number of nitrogens with zero attached hydrogens (tertiary/aromatic N) is 3. The van der Waals surface area contributed by atoms with Gasteiger partial charge >= 0.3 is 0 Å². The Labute approximate surface area is 168 Å². The summed E-state index contributed by atoms with van der Waals surface area (Å²) in [4.78, 5) is 1.04. The predicted molar refractivity (Wildman–Crippen MR) is 102 cm³/mol. The summed E-state index contributed by atoms with van der Waals surface area (Å²) in [5.74, 6) is -1.64. The third-order valence-electron chi connectivity index (χ3n) is 6.59. The third kappa shape index (κ3) is 2.08. The van der Waals surface area contributed by atoms with Gasteiger partial charge in [-0.15, -0.1) is 11.8 Å². The van der Waals surface area contributed by atoms with Gasteiger partial charge in [-0.3, -0.25) is 5.41 Å². The van der Waals surface area contributed by atoms with Crippen LogP contribution < -0.4 is 0 Å². The smallest absolute Gasteiger partial charge is 0.217 e. The summed E-state index contributed by atoms with van der Waals surface area (Å²) in [7, 11) is 0. The minimum absolute atomic E-state index is 0.302. The first kappa shape index (κ1) is 18.8. The van der Waals surface area contributed by atoms with E-state index in [2.05, 4.69) is 25.1 Å². The molecule has 28 heavy (non-hydrogen) atoms. The number of hydrogen-bond donors (Lipinski definition) is 1. The Morgan fingerprint density at radius 2 is 1.82 bits per heavy atom. The van der Waals surface area contributed by atoms with Crippen LogP contribution in [-0.2, 0) is 9.47 Å². The minimum Gasteiger partial charge on any atom is -0.447 e. The topological polar surface area (TPSA) is 114 Å². The summed E-state index contributed by atoms with van der Waals surface area (Å²) >= 11 is 1.59. The second-order valence-electron chi connectivity index (χ2n) is 7.90. The van der Waals surface area contributed by atoms with Crippen molar-refractivity contribution in [2.45, 2.75) is 43.0 Å². The molecule has 1 N–H and O–H groups in total. The summed E-state index contributed by atoms with van der Waals surface area (Å²) in [5, 5.41) is 39.2. The van der Waals surface area contributed by atoms with Crippen LogP contribution in [0, 0.1) is 62.1 Å². The van der Waals surface area contributed by atoms with Gasteiger partial charge in [0.05, 0.1) is 24.1 Å². The Morgan fingerprint density at radius 1 is 1.14 bits per heavy atom. The molecule has 5 atom stereocenters. The first-order valence-electron chi connectivity index (χ1n) is 9.26. The quantitative estimate of drug-likeness (QED) is 0.756. The van der Waals surface area contributed by atoms with Crippen LogP contribution in [0.15, 0.2) is 29.2 Å². The van der Waals surface area contributed by atoms with Crippen molar-refractivity contribution < 1.29 is 9.47 Å². The van der Waals surface area contributed by atoms with Gasteiger partial charge in [0, 0.05) is 11.3 Å². The minimum atomic E-state index is -1.86. The van der Waals surface area contributed by atoms with Gasteiger partial charge in [0.1, 0.15) is 6.10 Å². The van der Waals surface area contributed by atoms with E-state index in [9.17, 15) is 15.8 Å². The van der Waals surface area contributed by atoms with E-state index in [0.717, 1.165) is 11.3 Å². The highest BCUT2D eigenvalue weighted by Crippen LogP contribution is 2.69. The molecule has 5 unspecified atom stereocenters. The first-order chi connectivity index (χ1) is 13.4. The number of thioether (sulfide) groups is 1. The molecule has 2 saturated heterocycles. The molecular formula is C21H20N4O2S. The Kier molecular flexibility index (Phi) is 4.19. The predicted octanol–water partition coefficient (Wildman–Crippen LogP) is 4.16. The van der Waals surface area contributed by atoms with Crippen LogP contribution in [0.2, 0.25) is 0 Å². The summed E-state index contributed by atoms with van der Waals surface area (Å²) < 4.78 is 12.3. The van der Waals surface area contributed by atoms with Gasteiger partial charge in [0.15, 0.2) is 5.41 Å². The van der Waals surface area contributed by atoms with E-state index in [1.807, 2.05) is 30.5 Å². The van der Waals surface area contributed by atoms with Crippen LogP contribution >= 0.6 is 11.8 Å². The lowest BCUT2D eigenvalue weighted by atomic mass is 9.51. The van der Waals surface area contributed by atoms with Crippen LogP contribution in [0.4, 0.5) is 0 Å². The fraction of sp³-hybridized carbons (Fsp3) is 0.524. The molecule has 0 amide bonds. The summed E-state index contributed by atoms with van der Waals surface area (Å²) in [5.41, 5.74) is -2.86. The fourth-order valence-electron chi connectivity index (χ4n) is 5.11. The molecule has 0 radical (unpaired) electrons. The average Bonchev–Trinajstić information content (AvgIpc) is 2.92. The Morgan fingerprint density at radius 3 is 2.39 bits per heavy atom. The number of benzene rings is 1. The van der Waals surface area contributed by atoms with E-state index in [-0.39, 0.29) is 5.90 Å². The Balaban J connectivity index is 1.95. The molecule has 142 valence electrons. The zero-order chi connectivity index (χ0) is 20.2. The molecule has 2 aliphatic heterocycles. The number of nitriles is 3. The molecule has 0 aromatic heterocycles. The van der Waals surface area contributed by atoms with Crippen molar-refractivity contribution in [3.05, 3.63) is 29.8 Å². The number of ether oxygens (including phenoxy) is 2. The van der Waals surface area contributed by atoms with Crippen LogP contribution in [0.5, 0.6) is 0 Å². The Bertz CT molecular complexity index is 943. The first-order valence-corrected chi connectivity index (χ1v) is 10.5. The molecule has 2 bridgehead atoms. The molecule has 3 fully saturated rings. The van der Waals surface area contributed by atoms with Crippen molar-refractivity contribution in [2.75, 3.05) is 6.26 Å². The van der Waals surface area contributed by atoms with Gasteiger partial charge in [-0.1, -0.05) is 19.1 Å². The molecule has 1 aromatic rings.